The van der Waals surface area contributed by atoms with Gasteiger partial charge in [0.15, 0.2) is 0 Å². The van der Waals surface area contributed by atoms with E-state index >= 15 is 0 Å². The van der Waals surface area contributed by atoms with Crippen LogP contribution in [0.25, 0.3) is 0 Å². The molecule has 1 amide bonds. The average molecular weight is 364 g/mol. The molecule has 2 aromatic carbocycles. The van der Waals surface area contributed by atoms with Crippen molar-refractivity contribution in [1.82, 2.24) is 4.90 Å². The topological polar surface area (TPSA) is 20.3 Å². The number of nitrogens with zero attached hydrogens (tertiary/aromatic N) is 1. The average Bonchev–Trinajstić information content (AvgIpc) is 2.49. The number of thioether (sulfide) groups is 1. The monoisotopic (exact) mass is 363 g/mol. The zero-order chi connectivity index (χ0) is 15.4. The van der Waals surface area contributed by atoms with Crippen LogP contribution in [0.2, 0.25) is 0 Å². The van der Waals surface area contributed by atoms with Crippen LogP contribution in [0.1, 0.15) is 21.5 Å². The number of amides is 1. The SMILES string of the molecule is CSc1ccc(CN(C)C(=O)c2cc(Br)ccc2C)cc1. The molecular formula is C17H18BrNOS. The maximum Gasteiger partial charge on any atom is 0.254 e. The highest BCUT2D eigenvalue weighted by atomic mass is 79.9. The Bertz CT molecular complexity index is 640. The summed E-state index contributed by atoms with van der Waals surface area (Å²) in [5.41, 5.74) is 2.87. The van der Waals surface area contributed by atoms with Gasteiger partial charge in [-0.1, -0.05) is 34.1 Å². The van der Waals surface area contributed by atoms with Gasteiger partial charge in [-0.25, -0.2) is 0 Å². The van der Waals surface area contributed by atoms with Crippen molar-refractivity contribution < 1.29 is 4.79 Å². The lowest BCUT2D eigenvalue weighted by Gasteiger charge is -2.19. The summed E-state index contributed by atoms with van der Waals surface area (Å²) >= 11 is 5.14. The van der Waals surface area contributed by atoms with Crippen molar-refractivity contribution in [2.45, 2.75) is 18.4 Å². The molecule has 2 nitrogen and oxygen atoms in total. The standard InChI is InChI=1S/C17H18BrNOS/c1-12-4-7-14(18)10-16(12)17(20)19(2)11-13-5-8-15(21-3)9-6-13/h4-10H,11H2,1-3H3. The molecule has 0 aliphatic rings. The third-order valence-electron chi connectivity index (χ3n) is 3.36. The number of halogens is 1. The van der Waals surface area contributed by atoms with E-state index in [2.05, 4.69) is 46.5 Å². The Labute approximate surface area is 138 Å². The number of carbonyl (C=O) groups excluding carboxylic acids is 1. The molecule has 2 rings (SSSR count). The molecule has 2 aromatic rings. The fourth-order valence-electron chi connectivity index (χ4n) is 2.11. The zero-order valence-corrected chi connectivity index (χ0v) is 14.8. The lowest BCUT2D eigenvalue weighted by atomic mass is 10.1. The van der Waals surface area contributed by atoms with E-state index < -0.39 is 0 Å². The first kappa shape index (κ1) is 16.1. The first-order chi connectivity index (χ1) is 10.0. The molecule has 4 heteroatoms. The van der Waals surface area contributed by atoms with E-state index in [1.165, 1.54) is 4.90 Å². The van der Waals surface area contributed by atoms with Crippen molar-refractivity contribution in [3.05, 3.63) is 63.6 Å². The van der Waals surface area contributed by atoms with Crippen molar-refractivity contribution >= 4 is 33.6 Å². The van der Waals surface area contributed by atoms with Gasteiger partial charge in [-0.05, 0) is 48.6 Å². The van der Waals surface area contributed by atoms with Crippen LogP contribution in [0.15, 0.2) is 51.8 Å². The molecule has 0 unspecified atom stereocenters. The van der Waals surface area contributed by atoms with E-state index in [1.807, 2.05) is 32.2 Å². The minimum atomic E-state index is 0.0442. The molecule has 0 saturated heterocycles. The Balaban J connectivity index is 2.13. The highest BCUT2D eigenvalue weighted by molar-refractivity contribution is 9.10. The van der Waals surface area contributed by atoms with Gasteiger partial charge in [-0.3, -0.25) is 4.79 Å². The van der Waals surface area contributed by atoms with Gasteiger partial charge in [-0.15, -0.1) is 11.8 Å². The number of benzene rings is 2. The van der Waals surface area contributed by atoms with E-state index in [-0.39, 0.29) is 5.91 Å². The van der Waals surface area contributed by atoms with Crippen LogP contribution < -0.4 is 0 Å². The summed E-state index contributed by atoms with van der Waals surface area (Å²) < 4.78 is 0.925. The summed E-state index contributed by atoms with van der Waals surface area (Å²) in [5, 5.41) is 0. The van der Waals surface area contributed by atoms with Crippen LogP contribution in [0.5, 0.6) is 0 Å². The Kier molecular flexibility index (Phi) is 5.48. The predicted octanol–water partition coefficient (Wildman–Crippen LogP) is 4.75. The normalized spacial score (nSPS) is 10.5. The second-order valence-electron chi connectivity index (χ2n) is 4.97. The van der Waals surface area contributed by atoms with Crippen LogP contribution >= 0.6 is 27.7 Å². The first-order valence-electron chi connectivity index (χ1n) is 6.66. The molecule has 0 N–H and O–H groups in total. The third-order valence-corrected chi connectivity index (χ3v) is 4.59. The summed E-state index contributed by atoms with van der Waals surface area (Å²) in [6.07, 6.45) is 2.06. The molecule has 0 aliphatic heterocycles. The van der Waals surface area contributed by atoms with Crippen molar-refractivity contribution in [2.24, 2.45) is 0 Å². The van der Waals surface area contributed by atoms with Gasteiger partial charge in [-0.2, -0.15) is 0 Å². The molecule has 0 heterocycles. The van der Waals surface area contributed by atoms with Gasteiger partial charge in [0.2, 0.25) is 0 Å². The van der Waals surface area contributed by atoms with Crippen LogP contribution in [0, 0.1) is 6.92 Å². The summed E-state index contributed by atoms with van der Waals surface area (Å²) in [6, 6.07) is 14.1. The molecular weight excluding hydrogens is 346 g/mol. The van der Waals surface area contributed by atoms with E-state index in [1.54, 1.807) is 16.7 Å². The van der Waals surface area contributed by atoms with E-state index in [9.17, 15) is 4.79 Å². The van der Waals surface area contributed by atoms with Crippen molar-refractivity contribution in [3.8, 4) is 0 Å². The van der Waals surface area contributed by atoms with Crippen LogP contribution in [0.3, 0.4) is 0 Å². The molecule has 0 fully saturated rings. The summed E-state index contributed by atoms with van der Waals surface area (Å²) in [6.45, 7) is 2.57. The van der Waals surface area contributed by atoms with E-state index in [4.69, 9.17) is 0 Å². The Morgan fingerprint density at radius 1 is 1.19 bits per heavy atom. The summed E-state index contributed by atoms with van der Waals surface area (Å²) in [4.78, 5) is 15.5. The number of rotatable bonds is 4. The van der Waals surface area contributed by atoms with Gasteiger partial charge in [0.1, 0.15) is 0 Å². The van der Waals surface area contributed by atoms with Crippen molar-refractivity contribution in [1.29, 1.82) is 0 Å². The maximum atomic E-state index is 12.5. The van der Waals surface area contributed by atoms with Crippen LogP contribution in [0.4, 0.5) is 0 Å². The number of hydrogen-bond donors (Lipinski definition) is 0. The molecule has 0 aromatic heterocycles. The van der Waals surface area contributed by atoms with Crippen LogP contribution in [-0.4, -0.2) is 24.1 Å². The fraction of sp³-hybridized carbons (Fsp3) is 0.235. The third kappa shape index (κ3) is 4.11. The molecule has 110 valence electrons. The Morgan fingerprint density at radius 3 is 2.48 bits per heavy atom. The molecule has 0 saturated carbocycles. The van der Waals surface area contributed by atoms with Crippen molar-refractivity contribution in [2.75, 3.05) is 13.3 Å². The fourth-order valence-corrected chi connectivity index (χ4v) is 2.88. The minimum absolute atomic E-state index is 0.0442. The second kappa shape index (κ2) is 7.14. The first-order valence-corrected chi connectivity index (χ1v) is 8.67. The van der Waals surface area contributed by atoms with E-state index in [0.29, 0.717) is 6.54 Å². The smallest absolute Gasteiger partial charge is 0.254 e. The summed E-state index contributed by atoms with van der Waals surface area (Å²) in [7, 11) is 1.84. The van der Waals surface area contributed by atoms with Gasteiger partial charge in [0.25, 0.3) is 5.91 Å². The van der Waals surface area contributed by atoms with Gasteiger partial charge < -0.3 is 4.90 Å². The zero-order valence-electron chi connectivity index (χ0n) is 12.4. The minimum Gasteiger partial charge on any atom is -0.337 e. The predicted molar refractivity (Wildman–Crippen MR) is 92.9 cm³/mol. The van der Waals surface area contributed by atoms with Crippen LogP contribution in [-0.2, 0) is 6.54 Å². The number of carbonyl (C=O) groups is 1. The Morgan fingerprint density at radius 2 is 1.86 bits per heavy atom. The highest BCUT2D eigenvalue weighted by Gasteiger charge is 2.14. The van der Waals surface area contributed by atoms with Gasteiger partial charge >= 0.3 is 0 Å². The highest BCUT2D eigenvalue weighted by Crippen LogP contribution is 2.19. The second-order valence-corrected chi connectivity index (χ2v) is 6.76. The Hall–Kier alpha value is -1.26. The van der Waals surface area contributed by atoms with Crippen molar-refractivity contribution in [3.63, 3.8) is 0 Å². The molecule has 0 atom stereocenters. The van der Waals surface area contributed by atoms with Gasteiger partial charge in [0.05, 0.1) is 0 Å². The lowest BCUT2D eigenvalue weighted by Crippen LogP contribution is -2.26. The lowest BCUT2D eigenvalue weighted by molar-refractivity contribution is 0.0784. The number of aryl methyl sites for hydroxylation is 1. The molecule has 21 heavy (non-hydrogen) atoms. The molecule has 0 aliphatic carbocycles. The van der Waals surface area contributed by atoms with Gasteiger partial charge in [0, 0.05) is 28.5 Å². The number of hydrogen-bond acceptors (Lipinski definition) is 2. The molecule has 0 spiro atoms. The molecule has 0 radical (unpaired) electrons. The quantitative estimate of drug-likeness (QED) is 0.730. The molecule has 0 bridgehead atoms. The largest absolute Gasteiger partial charge is 0.337 e. The summed E-state index contributed by atoms with van der Waals surface area (Å²) in [5.74, 6) is 0.0442. The maximum absolute atomic E-state index is 12.5. The van der Waals surface area contributed by atoms with E-state index in [0.717, 1.165) is 21.2 Å².